The predicted octanol–water partition coefficient (Wildman–Crippen LogP) is 3.40. The smallest absolute Gasteiger partial charge is 0.144 e. The largest absolute Gasteiger partial charge is 0.235 e. The number of thioether (sulfide) groups is 3. The second-order valence-corrected chi connectivity index (χ2v) is 7.53. The van der Waals surface area contributed by atoms with E-state index in [1.165, 1.54) is 11.5 Å². The molecule has 6 heteroatoms. The number of rotatable bonds is 1. The van der Waals surface area contributed by atoms with Gasteiger partial charge in [0.1, 0.15) is 11.0 Å². The van der Waals surface area contributed by atoms with E-state index in [1.54, 1.807) is 0 Å². The Morgan fingerprint density at radius 2 is 2.06 bits per heavy atom. The van der Waals surface area contributed by atoms with Crippen LogP contribution in [-0.4, -0.2) is 27.2 Å². The molecular weight excluding hydrogens is 280 g/mol. The Kier molecular flexibility index (Phi) is 3.57. The Morgan fingerprint density at radius 1 is 1.12 bits per heavy atom. The highest BCUT2D eigenvalue weighted by atomic mass is 35.5. The number of fused-ring (bicyclic) bond motifs is 1. The molecule has 1 fully saturated rings. The summed E-state index contributed by atoms with van der Waals surface area (Å²) in [6, 6.07) is 0. The Balaban J connectivity index is 1.92. The van der Waals surface area contributed by atoms with E-state index in [4.69, 9.17) is 11.6 Å². The van der Waals surface area contributed by atoms with E-state index in [1.807, 2.05) is 35.3 Å². The Bertz CT molecular complexity index is 407. The summed E-state index contributed by atoms with van der Waals surface area (Å²) in [5, 5.41) is 1.12. The molecule has 1 atom stereocenters. The summed E-state index contributed by atoms with van der Waals surface area (Å²) in [5.74, 6) is 6.48. The summed E-state index contributed by atoms with van der Waals surface area (Å²) >= 11 is 12.0. The highest BCUT2D eigenvalue weighted by Gasteiger charge is 2.24. The third-order valence-electron chi connectivity index (χ3n) is 2.65. The molecule has 86 valence electrons. The van der Waals surface area contributed by atoms with E-state index < -0.39 is 0 Å². The molecule has 0 saturated carbocycles. The molecule has 0 aliphatic carbocycles. The maximum atomic E-state index is 6.21. The van der Waals surface area contributed by atoms with Crippen LogP contribution in [0.3, 0.4) is 0 Å². The lowest BCUT2D eigenvalue weighted by molar-refractivity contribution is 0.893. The Labute approximate surface area is 113 Å². The molecule has 0 radical (unpaired) electrons. The highest BCUT2D eigenvalue weighted by Crippen LogP contribution is 2.38. The predicted molar refractivity (Wildman–Crippen MR) is 74.6 cm³/mol. The van der Waals surface area contributed by atoms with Crippen LogP contribution in [0.4, 0.5) is 0 Å². The van der Waals surface area contributed by atoms with Gasteiger partial charge in [-0.15, -0.1) is 11.8 Å². The molecule has 0 aromatic carbocycles. The first-order valence-corrected chi connectivity index (χ1v) is 8.90. The minimum atomic E-state index is 0.437. The van der Waals surface area contributed by atoms with Crippen LogP contribution in [0.25, 0.3) is 0 Å². The molecule has 0 N–H and O–H groups in total. The third kappa shape index (κ3) is 2.19. The van der Waals surface area contributed by atoms with Gasteiger partial charge in [-0.25, -0.2) is 9.97 Å². The van der Waals surface area contributed by atoms with E-state index in [0.717, 1.165) is 34.3 Å². The van der Waals surface area contributed by atoms with Gasteiger partial charge in [0.2, 0.25) is 0 Å². The van der Waals surface area contributed by atoms with Crippen LogP contribution in [0.2, 0.25) is 5.15 Å². The van der Waals surface area contributed by atoms with Crippen molar-refractivity contribution in [2.45, 2.75) is 16.8 Å². The fraction of sp³-hybridized carbons (Fsp3) is 0.600. The highest BCUT2D eigenvalue weighted by molar-refractivity contribution is 8.06. The van der Waals surface area contributed by atoms with Crippen molar-refractivity contribution in [1.29, 1.82) is 0 Å². The summed E-state index contributed by atoms with van der Waals surface area (Å²) in [7, 11) is 0. The van der Waals surface area contributed by atoms with Gasteiger partial charge >= 0.3 is 0 Å². The molecule has 1 aromatic rings. The van der Waals surface area contributed by atoms with Gasteiger partial charge in [-0.3, -0.25) is 0 Å². The zero-order valence-electron chi connectivity index (χ0n) is 8.61. The van der Waals surface area contributed by atoms with Crippen LogP contribution < -0.4 is 0 Å². The lowest BCUT2D eigenvalue weighted by atomic mass is 10.2. The van der Waals surface area contributed by atoms with Crippen LogP contribution in [-0.2, 0) is 11.5 Å². The molecule has 1 unspecified atom stereocenters. The lowest BCUT2D eigenvalue weighted by Crippen LogP contribution is -2.11. The van der Waals surface area contributed by atoms with Gasteiger partial charge in [-0.2, -0.15) is 23.5 Å². The maximum Gasteiger partial charge on any atom is 0.144 e. The van der Waals surface area contributed by atoms with Crippen molar-refractivity contribution >= 4 is 46.9 Å². The average Bonchev–Trinajstić information content (AvgIpc) is 2.79. The van der Waals surface area contributed by atoms with Crippen molar-refractivity contribution in [1.82, 2.24) is 9.97 Å². The van der Waals surface area contributed by atoms with E-state index in [9.17, 15) is 0 Å². The van der Waals surface area contributed by atoms with E-state index in [-0.39, 0.29) is 0 Å². The minimum absolute atomic E-state index is 0.437. The monoisotopic (exact) mass is 290 g/mol. The second kappa shape index (κ2) is 4.96. The SMILES string of the molecule is Clc1nc(C2CSCCS2)nc2c1CSC2. The molecule has 3 heterocycles. The van der Waals surface area contributed by atoms with Gasteiger partial charge in [0.05, 0.1) is 10.9 Å². The summed E-state index contributed by atoms with van der Waals surface area (Å²) < 4.78 is 0. The summed E-state index contributed by atoms with van der Waals surface area (Å²) in [6.07, 6.45) is 0. The number of aromatic nitrogens is 2. The molecule has 0 bridgehead atoms. The first-order chi connectivity index (χ1) is 7.84. The van der Waals surface area contributed by atoms with Crippen molar-refractivity contribution in [3.05, 3.63) is 22.2 Å². The van der Waals surface area contributed by atoms with Crippen molar-refractivity contribution < 1.29 is 0 Å². The third-order valence-corrected chi connectivity index (χ3v) is 6.68. The van der Waals surface area contributed by atoms with Gasteiger partial charge in [0.15, 0.2) is 0 Å². The summed E-state index contributed by atoms with van der Waals surface area (Å²) in [6.45, 7) is 0. The first kappa shape index (κ1) is 11.5. The quantitative estimate of drug-likeness (QED) is 0.739. The van der Waals surface area contributed by atoms with Gasteiger partial charge in [-0.05, 0) is 0 Å². The molecule has 16 heavy (non-hydrogen) atoms. The van der Waals surface area contributed by atoms with E-state index in [0.29, 0.717) is 10.4 Å². The topological polar surface area (TPSA) is 25.8 Å². The Hall–Kier alpha value is 0.420. The number of hydrogen-bond acceptors (Lipinski definition) is 5. The molecule has 1 aromatic heterocycles. The molecule has 2 nitrogen and oxygen atoms in total. The van der Waals surface area contributed by atoms with Crippen LogP contribution in [0.15, 0.2) is 0 Å². The van der Waals surface area contributed by atoms with Gasteiger partial charge in [0, 0.05) is 34.3 Å². The first-order valence-electron chi connectivity index (χ1n) is 5.17. The van der Waals surface area contributed by atoms with Crippen molar-refractivity contribution in [3.8, 4) is 0 Å². The van der Waals surface area contributed by atoms with Crippen molar-refractivity contribution in [3.63, 3.8) is 0 Å². The van der Waals surface area contributed by atoms with Gasteiger partial charge < -0.3 is 0 Å². The molecule has 3 rings (SSSR count). The average molecular weight is 291 g/mol. The van der Waals surface area contributed by atoms with Crippen LogP contribution in [0, 0.1) is 0 Å². The fourth-order valence-electron chi connectivity index (χ4n) is 1.81. The van der Waals surface area contributed by atoms with Crippen LogP contribution in [0.1, 0.15) is 22.3 Å². The lowest BCUT2D eigenvalue weighted by Gasteiger charge is -2.20. The molecule has 2 aliphatic heterocycles. The van der Waals surface area contributed by atoms with Crippen LogP contribution >= 0.6 is 46.9 Å². The zero-order valence-corrected chi connectivity index (χ0v) is 11.8. The zero-order chi connectivity index (χ0) is 11.0. The summed E-state index contributed by atoms with van der Waals surface area (Å²) in [4.78, 5) is 9.16. The normalized spacial score (nSPS) is 24.4. The van der Waals surface area contributed by atoms with Crippen molar-refractivity contribution in [2.24, 2.45) is 0 Å². The van der Waals surface area contributed by atoms with Gasteiger partial charge in [0.25, 0.3) is 0 Å². The van der Waals surface area contributed by atoms with E-state index in [2.05, 4.69) is 9.97 Å². The number of hydrogen-bond donors (Lipinski definition) is 0. The van der Waals surface area contributed by atoms with E-state index >= 15 is 0 Å². The molecule has 2 aliphatic rings. The van der Waals surface area contributed by atoms with Crippen molar-refractivity contribution in [2.75, 3.05) is 17.3 Å². The minimum Gasteiger partial charge on any atom is -0.235 e. The Morgan fingerprint density at radius 3 is 2.88 bits per heavy atom. The fourth-order valence-corrected chi connectivity index (χ4v) is 5.79. The van der Waals surface area contributed by atoms with Crippen LogP contribution in [0.5, 0.6) is 0 Å². The standard InChI is InChI=1S/C10H11ClN2S3/c11-9-6-3-15-4-7(6)12-10(13-9)8-5-14-1-2-16-8/h8H,1-5H2. The second-order valence-electron chi connectivity index (χ2n) is 3.73. The molecule has 0 amide bonds. The van der Waals surface area contributed by atoms with Gasteiger partial charge in [-0.1, -0.05) is 11.6 Å². The number of nitrogens with zero attached hydrogens (tertiary/aromatic N) is 2. The maximum absolute atomic E-state index is 6.21. The summed E-state index contributed by atoms with van der Waals surface area (Å²) in [5.41, 5.74) is 2.32. The molecule has 0 spiro atoms. The molecular formula is C10H11ClN2S3. The molecule has 1 saturated heterocycles. The number of halogens is 1.